The molecule has 1 unspecified atom stereocenters. The Morgan fingerprint density at radius 1 is 1.03 bits per heavy atom. The number of hydrogen-bond acceptors (Lipinski definition) is 5. The number of amides is 1. The van der Waals surface area contributed by atoms with Gasteiger partial charge >= 0.3 is 0 Å². The maximum absolute atomic E-state index is 13.2. The highest BCUT2D eigenvalue weighted by atomic mass is 35.5. The number of rotatable bonds is 3. The number of benzene rings is 3. The van der Waals surface area contributed by atoms with E-state index in [-0.39, 0.29) is 5.91 Å². The molecule has 0 radical (unpaired) electrons. The van der Waals surface area contributed by atoms with Gasteiger partial charge in [0.25, 0.3) is 0 Å². The molecule has 2 aliphatic heterocycles. The number of halogens is 1. The maximum atomic E-state index is 13.2. The third-order valence-electron chi connectivity index (χ3n) is 6.82. The van der Waals surface area contributed by atoms with Gasteiger partial charge in [-0.2, -0.15) is 0 Å². The van der Waals surface area contributed by atoms with Crippen LogP contribution in [-0.4, -0.2) is 58.7 Å². The van der Waals surface area contributed by atoms with Crippen LogP contribution in [0.5, 0.6) is 11.5 Å². The number of amidine groups is 1. The summed E-state index contributed by atoms with van der Waals surface area (Å²) in [7, 11) is 0. The van der Waals surface area contributed by atoms with Gasteiger partial charge in [-0.15, -0.1) is 0 Å². The number of nitrogens with two attached hydrogens (primary N) is 1. The van der Waals surface area contributed by atoms with Gasteiger partial charge in [-0.1, -0.05) is 41.9 Å². The Bertz CT molecular complexity index is 1470. The van der Waals surface area contributed by atoms with Crippen molar-refractivity contribution < 1.29 is 9.53 Å². The average Bonchev–Trinajstić information content (AvgIpc) is 3.23. The van der Waals surface area contributed by atoms with Crippen molar-refractivity contribution >= 4 is 39.9 Å². The average molecular weight is 500 g/mol. The van der Waals surface area contributed by atoms with Crippen LogP contribution in [0.1, 0.15) is 11.1 Å². The summed E-state index contributed by atoms with van der Waals surface area (Å²) in [5.41, 5.74) is 10.1. The Morgan fingerprint density at radius 2 is 1.81 bits per heavy atom. The number of piperazine rings is 1. The van der Waals surface area contributed by atoms with Crippen molar-refractivity contribution in [2.75, 3.05) is 26.2 Å². The van der Waals surface area contributed by atoms with Gasteiger partial charge in [-0.3, -0.25) is 4.79 Å². The summed E-state index contributed by atoms with van der Waals surface area (Å²) in [5, 5.41) is 1.73. The maximum Gasteiger partial charge on any atom is 0.239 e. The summed E-state index contributed by atoms with van der Waals surface area (Å²) >= 11 is 6.34. The zero-order chi connectivity index (χ0) is 24.6. The fourth-order valence-corrected chi connectivity index (χ4v) is 5.11. The summed E-state index contributed by atoms with van der Waals surface area (Å²) < 4.78 is 6.17. The molecule has 7 nitrogen and oxygen atoms in total. The molecule has 4 aromatic rings. The first-order chi connectivity index (χ1) is 17.6. The molecule has 1 amide bonds. The first kappa shape index (κ1) is 22.6. The van der Waals surface area contributed by atoms with E-state index in [0.29, 0.717) is 49.1 Å². The van der Waals surface area contributed by atoms with Gasteiger partial charge in [-0.25, -0.2) is 4.99 Å². The van der Waals surface area contributed by atoms with E-state index in [2.05, 4.69) is 16.0 Å². The number of aromatic nitrogens is 1. The molecule has 2 aliphatic rings. The lowest BCUT2D eigenvalue weighted by molar-refractivity contribution is -0.133. The number of H-pyrrole nitrogens is 1. The van der Waals surface area contributed by atoms with Crippen LogP contribution in [0.25, 0.3) is 10.9 Å². The summed E-state index contributed by atoms with van der Waals surface area (Å²) in [6.07, 6.45) is 2.44. The van der Waals surface area contributed by atoms with Gasteiger partial charge < -0.3 is 25.3 Å². The first-order valence-corrected chi connectivity index (χ1v) is 12.4. The van der Waals surface area contributed by atoms with Gasteiger partial charge in [-0.05, 0) is 48.4 Å². The lowest BCUT2D eigenvalue weighted by Crippen LogP contribution is -2.54. The summed E-state index contributed by atoms with van der Waals surface area (Å²) in [6.45, 7) is 2.41. The molecule has 36 heavy (non-hydrogen) atoms. The molecule has 0 aliphatic carbocycles. The molecular formula is C28H26ClN5O2. The predicted octanol–water partition coefficient (Wildman–Crippen LogP) is 4.72. The molecule has 3 heterocycles. The monoisotopic (exact) mass is 499 g/mol. The van der Waals surface area contributed by atoms with Gasteiger partial charge in [0.1, 0.15) is 17.3 Å². The molecule has 3 N–H and O–H groups in total. The highest BCUT2D eigenvalue weighted by Crippen LogP contribution is 2.39. The highest BCUT2D eigenvalue weighted by Gasteiger charge is 2.30. The molecule has 0 saturated carbocycles. The van der Waals surface area contributed by atoms with Crippen molar-refractivity contribution in [3.05, 3.63) is 89.1 Å². The van der Waals surface area contributed by atoms with Crippen LogP contribution in [0.4, 0.5) is 5.69 Å². The van der Waals surface area contributed by atoms with E-state index in [1.807, 2.05) is 71.8 Å². The van der Waals surface area contributed by atoms with Crippen molar-refractivity contribution in [2.45, 2.75) is 12.5 Å². The number of carbonyl (C=O) groups excluding carboxylic acids is 1. The zero-order valence-electron chi connectivity index (χ0n) is 19.7. The topological polar surface area (TPSA) is 87.0 Å². The standard InChI is InChI=1S/C28H26ClN5O2/c29-19-9-10-25-21(16-19)27(32-24-7-3-4-8-26(24)36-25)33-11-13-34(14-12-33)28(35)22(30)15-18-17-31-23-6-2-1-5-20(18)23/h1-10,16-17,22,31H,11-15,30H2. The van der Waals surface area contributed by atoms with Crippen LogP contribution in [0.3, 0.4) is 0 Å². The second-order valence-corrected chi connectivity index (χ2v) is 9.56. The highest BCUT2D eigenvalue weighted by molar-refractivity contribution is 6.31. The minimum atomic E-state index is -0.592. The SMILES string of the molecule is NC(Cc1c[nH]c2ccccc12)C(=O)N1CCN(C2=Nc3ccccc3Oc3ccc(Cl)cc32)CC1. The molecule has 1 saturated heterocycles. The van der Waals surface area contributed by atoms with E-state index in [9.17, 15) is 4.79 Å². The Balaban J connectivity index is 1.19. The van der Waals surface area contributed by atoms with E-state index >= 15 is 0 Å². The third-order valence-corrected chi connectivity index (χ3v) is 7.05. The molecule has 1 aromatic heterocycles. The lowest BCUT2D eigenvalue weighted by Gasteiger charge is -2.37. The molecule has 8 heteroatoms. The van der Waals surface area contributed by atoms with E-state index in [1.54, 1.807) is 0 Å². The second kappa shape index (κ2) is 9.33. The smallest absolute Gasteiger partial charge is 0.239 e. The minimum absolute atomic E-state index is 0.0279. The molecule has 182 valence electrons. The van der Waals surface area contributed by atoms with Crippen LogP contribution in [0.2, 0.25) is 5.02 Å². The summed E-state index contributed by atoms with van der Waals surface area (Å²) in [4.78, 5) is 25.5. The number of para-hydroxylation sites is 3. The fraction of sp³-hybridized carbons (Fsp3) is 0.214. The molecule has 0 bridgehead atoms. The largest absolute Gasteiger partial charge is 0.454 e. The van der Waals surface area contributed by atoms with Crippen molar-refractivity contribution in [3.63, 3.8) is 0 Å². The number of aliphatic imine (C=N–C) groups is 1. The van der Waals surface area contributed by atoms with Crippen LogP contribution in [-0.2, 0) is 11.2 Å². The van der Waals surface area contributed by atoms with Gasteiger partial charge in [0.2, 0.25) is 5.91 Å². The normalized spacial score (nSPS) is 16.0. The summed E-state index contributed by atoms with van der Waals surface area (Å²) in [5.74, 6) is 2.18. The van der Waals surface area contributed by atoms with Crippen LogP contribution in [0, 0.1) is 0 Å². The molecule has 1 atom stereocenters. The van der Waals surface area contributed by atoms with Crippen molar-refractivity contribution in [2.24, 2.45) is 10.7 Å². The summed E-state index contributed by atoms with van der Waals surface area (Å²) in [6, 6.07) is 20.8. The Kier molecular flexibility index (Phi) is 5.87. The number of carbonyl (C=O) groups is 1. The molecular weight excluding hydrogens is 474 g/mol. The second-order valence-electron chi connectivity index (χ2n) is 9.13. The fourth-order valence-electron chi connectivity index (χ4n) is 4.93. The Morgan fingerprint density at radius 3 is 2.67 bits per heavy atom. The number of nitrogens with one attached hydrogen (secondary N) is 1. The van der Waals surface area contributed by atoms with E-state index in [0.717, 1.165) is 33.6 Å². The first-order valence-electron chi connectivity index (χ1n) is 12.1. The number of ether oxygens (including phenoxy) is 1. The molecule has 0 spiro atoms. The number of fused-ring (bicyclic) bond motifs is 3. The van der Waals surface area contributed by atoms with Crippen LogP contribution in [0.15, 0.2) is 77.9 Å². The third kappa shape index (κ3) is 4.21. The minimum Gasteiger partial charge on any atom is -0.454 e. The van der Waals surface area contributed by atoms with E-state index < -0.39 is 6.04 Å². The number of nitrogens with zero attached hydrogens (tertiary/aromatic N) is 3. The molecule has 3 aromatic carbocycles. The van der Waals surface area contributed by atoms with Gasteiger partial charge in [0, 0.05) is 48.3 Å². The van der Waals surface area contributed by atoms with Crippen molar-refractivity contribution in [3.8, 4) is 11.5 Å². The predicted molar refractivity (Wildman–Crippen MR) is 142 cm³/mol. The molecule has 6 rings (SSSR count). The van der Waals surface area contributed by atoms with Crippen LogP contribution >= 0.6 is 11.6 Å². The van der Waals surface area contributed by atoms with Crippen LogP contribution < -0.4 is 10.5 Å². The quantitative estimate of drug-likeness (QED) is 0.427. The van der Waals surface area contributed by atoms with Crippen molar-refractivity contribution in [1.29, 1.82) is 0 Å². The van der Waals surface area contributed by atoms with Gasteiger partial charge in [0.15, 0.2) is 5.75 Å². The van der Waals surface area contributed by atoms with E-state index in [4.69, 9.17) is 27.1 Å². The van der Waals surface area contributed by atoms with Gasteiger partial charge in [0.05, 0.1) is 11.6 Å². The molecule has 1 fully saturated rings. The van der Waals surface area contributed by atoms with E-state index in [1.165, 1.54) is 0 Å². The number of hydrogen-bond donors (Lipinski definition) is 2. The Labute approximate surface area is 214 Å². The number of aromatic amines is 1. The lowest BCUT2D eigenvalue weighted by atomic mass is 10.0. The zero-order valence-corrected chi connectivity index (χ0v) is 20.4. The Hall–Kier alpha value is -3.81. The van der Waals surface area contributed by atoms with Crippen molar-refractivity contribution in [1.82, 2.24) is 14.8 Å².